The van der Waals surface area contributed by atoms with Gasteiger partial charge < -0.3 is 10.6 Å². The molecule has 2 atom stereocenters. The molecule has 1 aromatic carbocycles. The first-order valence-electron chi connectivity index (χ1n) is 7.61. The second-order valence-electron chi connectivity index (χ2n) is 6.27. The van der Waals surface area contributed by atoms with E-state index in [0.717, 1.165) is 12.0 Å². The molecule has 2 N–H and O–H groups in total. The highest BCUT2D eigenvalue weighted by Gasteiger charge is 2.28. The van der Waals surface area contributed by atoms with Crippen LogP contribution in [0.2, 0.25) is 0 Å². The minimum Gasteiger partial charge on any atom is -0.355 e. The Hall–Kier alpha value is -1.84. The van der Waals surface area contributed by atoms with Crippen molar-refractivity contribution in [3.8, 4) is 0 Å². The van der Waals surface area contributed by atoms with Crippen molar-refractivity contribution in [2.75, 3.05) is 6.54 Å². The molecular weight excluding hydrogens is 264 g/mol. The van der Waals surface area contributed by atoms with Gasteiger partial charge in [0.15, 0.2) is 0 Å². The van der Waals surface area contributed by atoms with E-state index in [9.17, 15) is 9.59 Å². The summed E-state index contributed by atoms with van der Waals surface area (Å²) in [7, 11) is 0. The van der Waals surface area contributed by atoms with Crippen molar-refractivity contribution in [3.63, 3.8) is 0 Å². The molecule has 0 saturated carbocycles. The van der Waals surface area contributed by atoms with Crippen LogP contribution in [0.15, 0.2) is 24.3 Å². The third-order valence-corrected chi connectivity index (χ3v) is 3.83. The Labute approximate surface area is 126 Å². The van der Waals surface area contributed by atoms with Crippen LogP contribution < -0.4 is 10.6 Å². The molecule has 4 nitrogen and oxygen atoms in total. The lowest BCUT2D eigenvalue weighted by Crippen LogP contribution is -2.33. The molecule has 1 saturated heterocycles. The molecule has 0 aliphatic carbocycles. The normalized spacial score (nSPS) is 19.4. The zero-order valence-corrected chi connectivity index (χ0v) is 13.0. The Morgan fingerprint density at radius 1 is 1.29 bits per heavy atom. The highest BCUT2D eigenvalue weighted by molar-refractivity contribution is 5.89. The average Bonchev–Trinajstić information content (AvgIpc) is 2.85. The van der Waals surface area contributed by atoms with Crippen LogP contribution in [0, 0.1) is 11.8 Å². The van der Waals surface area contributed by atoms with Gasteiger partial charge in [0, 0.05) is 13.0 Å². The fraction of sp³-hybridized carbons (Fsp3) is 0.529. The Bertz CT molecular complexity index is 508. The van der Waals surface area contributed by atoms with E-state index in [1.54, 1.807) is 0 Å². The summed E-state index contributed by atoms with van der Waals surface area (Å²) in [6.45, 7) is 6.83. The van der Waals surface area contributed by atoms with Crippen molar-refractivity contribution in [2.45, 2.75) is 39.7 Å². The van der Waals surface area contributed by atoms with E-state index in [0.29, 0.717) is 18.9 Å². The maximum absolute atomic E-state index is 12.1. The number of nitrogens with one attached hydrogen (secondary N) is 2. The quantitative estimate of drug-likeness (QED) is 0.872. The number of amides is 2. The molecule has 1 aromatic rings. The lowest BCUT2D eigenvalue weighted by atomic mass is 9.99. The molecular formula is C17H24N2O2. The fourth-order valence-electron chi connectivity index (χ4n) is 2.62. The third kappa shape index (κ3) is 4.31. The van der Waals surface area contributed by atoms with E-state index < -0.39 is 0 Å². The van der Waals surface area contributed by atoms with Crippen LogP contribution in [-0.2, 0) is 16.0 Å². The molecule has 4 heteroatoms. The molecule has 2 rings (SSSR count). The molecule has 0 bridgehead atoms. The second-order valence-corrected chi connectivity index (χ2v) is 6.27. The molecule has 1 fully saturated rings. The minimum absolute atomic E-state index is 0.0405. The van der Waals surface area contributed by atoms with Gasteiger partial charge in [0.25, 0.3) is 0 Å². The van der Waals surface area contributed by atoms with Gasteiger partial charge in [-0.05, 0) is 30.4 Å². The Morgan fingerprint density at radius 3 is 2.48 bits per heavy atom. The van der Waals surface area contributed by atoms with E-state index in [1.165, 1.54) is 5.56 Å². The predicted octanol–water partition coefficient (Wildman–Crippen LogP) is 2.20. The number of rotatable bonds is 5. The van der Waals surface area contributed by atoms with Crippen LogP contribution in [0.4, 0.5) is 0 Å². The smallest absolute Gasteiger partial charge is 0.225 e. The fourth-order valence-corrected chi connectivity index (χ4v) is 2.62. The van der Waals surface area contributed by atoms with Gasteiger partial charge in [-0.3, -0.25) is 9.59 Å². The molecule has 1 heterocycles. The van der Waals surface area contributed by atoms with E-state index in [4.69, 9.17) is 0 Å². The molecule has 21 heavy (non-hydrogen) atoms. The lowest BCUT2D eigenvalue weighted by Gasteiger charge is -2.17. The highest BCUT2D eigenvalue weighted by atomic mass is 16.2. The summed E-state index contributed by atoms with van der Waals surface area (Å²) in [4.78, 5) is 23.2. The molecule has 0 aromatic heterocycles. The van der Waals surface area contributed by atoms with E-state index in [1.807, 2.05) is 6.92 Å². The van der Waals surface area contributed by atoms with Gasteiger partial charge in [0.1, 0.15) is 0 Å². The van der Waals surface area contributed by atoms with E-state index >= 15 is 0 Å². The summed E-state index contributed by atoms with van der Waals surface area (Å²) < 4.78 is 0. The van der Waals surface area contributed by atoms with Crippen molar-refractivity contribution in [3.05, 3.63) is 35.4 Å². The molecule has 114 valence electrons. The first-order valence-corrected chi connectivity index (χ1v) is 7.61. The predicted molar refractivity (Wildman–Crippen MR) is 82.7 cm³/mol. The number of hydrogen-bond donors (Lipinski definition) is 2. The zero-order valence-electron chi connectivity index (χ0n) is 13.0. The zero-order chi connectivity index (χ0) is 15.4. The van der Waals surface area contributed by atoms with Crippen molar-refractivity contribution in [2.24, 2.45) is 11.8 Å². The number of benzene rings is 1. The molecule has 1 aliphatic rings. The van der Waals surface area contributed by atoms with Gasteiger partial charge in [-0.15, -0.1) is 0 Å². The van der Waals surface area contributed by atoms with Crippen molar-refractivity contribution < 1.29 is 9.59 Å². The summed E-state index contributed by atoms with van der Waals surface area (Å²) >= 11 is 0. The monoisotopic (exact) mass is 288 g/mol. The molecule has 0 spiro atoms. The first kappa shape index (κ1) is 15.5. The average molecular weight is 288 g/mol. The van der Waals surface area contributed by atoms with Gasteiger partial charge in [-0.25, -0.2) is 0 Å². The Kier molecular flexibility index (Phi) is 4.99. The van der Waals surface area contributed by atoms with Gasteiger partial charge in [-0.1, -0.05) is 38.1 Å². The lowest BCUT2D eigenvalue weighted by molar-refractivity contribution is -0.127. The Balaban J connectivity index is 1.92. The van der Waals surface area contributed by atoms with Crippen LogP contribution in [0.1, 0.15) is 44.4 Å². The molecule has 0 radical (unpaired) electrons. The SMILES string of the molecule is CC(C)Cc1ccc(C(C)NC(=O)C2CNC(=O)C2)cc1. The van der Waals surface area contributed by atoms with Crippen molar-refractivity contribution >= 4 is 11.8 Å². The molecule has 2 amide bonds. The summed E-state index contributed by atoms with van der Waals surface area (Å²) in [5, 5.41) is 5.68. The molecule has 2 unspecified atom stereocenters. The van der Waals surface area contributed by atoms with Gasteiger partial charge in [-0.2, -0.15) is 0 Å². The largest absolute Gasteiger partial charge is 0.355 e. The number of hydrogen-bond acceptors (Lipinski definition) is 2. The third-order valence-electron chi connectivity index (χ3n) is 3.83. The van der Waals surface area contributed by atoms with Gasteiger partial charge in [0.05, 0.1) is 12.0 Å². The van der Waals surface area contributed by atoms with Crippen LogP contribution in [0.3, 0.4) is 0 Å². The van der Waals surface area contributed by atoms with E-state index in [-0.39, 0.29) is 23.8 Å². The van der Waals surface area contributed by atoms with Crippen molar-refractivity contribution in [1.29, 1.82) is 0 Å². The summed E-state index contributed by atoms with van der Waals surface area (Å²) in [5.41, 5.74) is 2.41. The summed E-state index contributed by atoms with van der Waals surface area (Å²) in [6.07, 6.45) is 1.36. The van der Waals surface area contributed by atoms with Crippen LogP contribution >= 0.6 is 0 Å². The van der Waals surface area contributed by atoms with Crippen LogP contribution in [-0.4, -0.2) is 18.4 Å². The van der Waals surface area contributed by atoms with Crippen LogP contribution in [0.5, 0.6) is 0 Å². The number of carbonyl (C=O) groups is 2. The van der Waals surface area contributed by atoms with Crippen LogP contribution in [0.25, 0.3) is 0 Å². The highest BCUT2D eigenvalue weighted by Crippen LogP contribution is 2.17. The summed E-state index contributed by atoms with van der Waals surface area (Å²) in [5.74, 6) is 0.313. The molecule has 1 aliphatic heterocycles. The van der Waals surface area contributed by atoms with Gasteiger partial charge >= 0.3 is 0 Å². The first-order chi connectivity index (χ1) is 9.95. The van der Waals surface area contributed by atoms with Crippen molar-refractivity contribution in [1.82, 2.24) is 10.6 Å². The maximum atomic E-state index is 12.1. The number of carbonyl (C=O) groups excluding carboxylic acids is 2. The second kappa shape index (κ2) is 6.74. The minimum atomic E-state index is -0.236. The Morgan fingerprint density at radius 2 is 1.95 bits per heavy atom. The maximum Gasteiger partial charge on any atom is 0.225 e. The van der Waals surface area contributed by atoms with E-state index in [2.05, 4.69) is 48.7 Å². The van der Waals surface area contributed by atoms with Gasteiger partial charge in [0.2, 0.25) is 11.8 Å². The topological polar surface area (TPSA) is 58.2 Å². The summed E-state index contributed by atoms with van der Waals surface area (Å²) in [6, 6.07) is 8.35. The standard InChI is InChI=1S/C17H24N2O2/c1-11(2)8-13-4-6-14(7-5-13)12(3)19-17(21)15-9-16(20)18-10-15/h4-7,11-12,15H,8-10H2,1-3H3,(H,18,20)(H,19,21).